The van der Waals surface area contributed by atoms with Crippen LogP contribution in [0.3, 0.4) is 0 Å². The maximum absolute atomic E-state index is 11.4. The van der Waals surface area contributed by atoms with Crippen molar-refractivity contribution in [3.8, 4) is 0 Å². The fraction of sp³-hybridized carbons (Fsp3) is 0.500. The Hall–Kier alpha value is -0.810. The molecule has 1 aromatic heterocycles. The van der Waals surface area contributed by atoms with Gasteiger partial charge >= 0.3 is 5.97 Å². The molecule has 0 aromatic carbocycles. The van der Waals surface area contributed by atoms with Gasteiger partial charge in [-0.25, -0.2) is 0 Å². The number of ether oxygens (including phenoxy) is 1. The zero-order chi connectivity index (χ0) is 11.5. The van der Waals surface area contributed by atoms with Crippen LogP contribution in [0, 0.1) is 0 Å². The van der Waals surface area contributed by atoms with E-state index in [2.05, 4.69) is 26.0 Å². The number of furan rings is 1. The van der Waals surface area contributed by atoms with Crippen LogP contribution in [0.5, 0.6) is 0 Å². The zero-order valence-corrected chi connectivity index (χ0v) is 10.6. The van der Waals surface area contributed by atoms with Crippen LogP contribution >= 0.6 is 15.9 Å². The van der Waals surface area contributed by atoms with E-state index in [1.165, 1.54) is 7.11 Å². The molecule has 0 fully saturated rings. The lowest BCUT2D eigenvalue weighted by Crippen LogP contribution is -2.46. The maximum Gasteiger partial charge on any atom is 0.325 e. The molecule has 0 amide bonds. The highest BCUT2D eigenvalue weighted by atomic mass is 79.9. The molecule has 84 valence electrons. The minimum absolute atomic E-state index is 0.301. The van der Waals surface area contributed by atoms with Crippen molar-refractivity contribution >= 4 is 21.9 Å². The number of methoxy groups -OCH3 is 1. The Morgan fingerprint density at radius 3 is 2.80 bits per heavy atom. The number of nitrogens with one attached hydrogen (secondary N) is 1. The molecule has 0 saturated carbocycles. The van der Waals surface area contributed by atoms with Crippen molar-refractivity contribution in [2.24, 2.45) is 0 Å². The Labute approximate surface area is 97.1 Å². The number of esters is 1. The van der Waals surface area contributed by atoms with E-state index in [9.17, 15) is 4.79 Å². The second-order valence-electron chi connectivity index (χ2n) is 3.66. The van der Waals surface area contributed by atoms with E-state index in [-0.39, 0.29) is 5.97 Å². The van der Waals surface area contributed by atoms with Crippen molar-refractivity contribution in [1.82, 2.24) is 5.32 Å². The van der Waals surface area contributed by atoms with E-state index in [0.717, 1.165) is 10.2 Å². The SMILES string of the molecule is COC(=O)C(C)(C)NCc1occc1Br. The Morgan fingerprint density at radius 2 is 2.33 bits per heavy atom. The van der Waals surface area contributed by atoms with Crippen LogP contribution in [0.25, 0.3) is 0 Å². The molecule has 0 radical (unpaired) electrons. The topological polar surface area (TPSA) is 51.5 Å². The van der Waals surface area contributed by atoms with Gasteiger partial charge in [0.2, 0.25) is 0 Å². The molecule has 0 spiro atoms. The summed E-state index contributed by atoms with van der Waals surface area (Å²) in [7, 11) is 1.37. The molecule has 0 saturated heterocycles. The van der Waals surface area contributed by atoms with Gasteiger partial charge in [-0.15, -0.1) is 0 Å². The summed E-state index contributed by atoms with van der Waals surface area (Å²) in [4.78, 5) is 11.4. The van der Waals surface area contributed by atoms with Gasteiger partial charge in [0, 0.05) is 0 Å². The highest BCUT2D eigenvalue weighted by molar-refractivity contribution is 9.10. The van der Waals surface area contributed by atoms with Gasteiger partial charge in [0.15, 0.2) is 0 Å². The van der Waals surface area contributed by atoms with Crippen molar-refractivity contribution in [1.29, 1.82) is 0 Å². The van der Waals surface area contributed by atoms with Gasteiger partial charge in [0.1, 0.15) is 11.3 Å². The largest absolute Gasteiger partial charge is 0.468 e. The number of hydrogen-bond acceptors (Lipinski definition) is 4. The Balaban J connectivity index is 2.57. The molecule has 5 heteroatoms. The van der Waals surface area contributed by atoms with E-state index in [1.54, 1.807) is 20.1 Å². The van der Waals surface area contributed by atoms with E-state index in [0.29, 0.717) is 6.54 Å². The molecular formula is C10H14BrNO3. The second kappa shape index (κ2) is 4.81. The number of carbonyl (C=O) groups excluding carboxylic acids is 1. The first-order valence-corrected chi connectivity index (χ1v) is 5.32. The molecular weight excluding hydrogens is 262 g/mol. The summed E-state index contributed by atoms with van der Waals surface area (Å²) in [5, 5.41) is 3.05. The third-order valence-electron chi connectivity index (χ3n) is 2.08. The lowest BCUT2D eigenvalue weighted by Gasteiger charge is -2.22. The number of hydrogen-bond donors (Lipinski definition) is 1. The van der Waals surface area contributed by atoms with Crippen LogP contribution in [0.4, 0.5) is 0 Å². The fourth-order valence-corrected chi connectivity index (χ4v) is 1.42. The Bertz CT molecular complexity index is 346. The smallest absolute Gasteiger partial charge is 0.325 e. The van der Waals surface area contributed by atoms with Crippen LogP contribution in [0.2, 0.25) is 0 Å². The lowest BCUT2D eigenvalue weighted by molar-refractivity contribution is -0.147. The molecule has 0 bridgehead atoms. The molecule has 1 N–H and O–H groups in total. The summed E-state index contributed by atoms with van der Waals surface area (Å²) in [5.41, 5.74) is -0.721. The first kappa shape index (κ1) is 12.3. The predicted octanol–water partition coefficient (Wildman–Crippen LogP) is 2.08. The van der Waals surface area contributed by atoms with Crippen LogP contribution < -0.4 is 5.32 Å². The molecule has 4 nitrogen and oxygen atoms in total. The second-order valence-corrected chi connectivity index (χ2v) is 4.52. The molecule has 0 aliphatic rings. The standard InChI is InChI=1S/C10H14BrNO3/c1-10(2,9(13)14-3)12-6-8-7(11)4-5-15-8/h4-5,12H,6H2,1-3H3. The van der Waals surface area contributed by atoms with Gasteiger partial charge in [-0.1, -0.05) is 0 Å². The van der Waals surface area contributed by atoms with Crippen LogP contribution in [0.1, 0.15) is 19.6 Å². The van der Waals surface area contributed by atoms with Crippen LogP contribution in [0.15, 0.2) is 21.2 Å². The van der Waals surface area contributed by atoms with Gasteiger partial charge in [0.25, 0.3) is 0 Å². The maximum atomic E-state index is 11.4. The van der Waals surface area contributed by atoms with Gasteiger partial charge in [-0.3, -0.25) is 10.1 Å². The Kier molecular flexibility index (Phi) is 3.93. The first-order chi connectivity index (χ1) is 6.97. The average molecular weight is 276 g/mol. The van der Waals surface area contributed by atoms with Crippen LogP contribution in [-0.4, -0.2) is 18.6 Å². The molecule has 0 atom stereocenters. The monoisotopic (exact) mass is 275 g/mol. The van der Waals surface area contributed by atoms with Crippen molar-refractivity contribution in [3.05, 3.63) is 22.6 Å². The van der Waals surface area contributed by atoms with E-state index < -0.39 is 5.54 Å². The van der Waals surface area contributed by atoms with Crippen LogP contribution in [-0.2, 0) is 16.1 Å². The van der Waals surface area contributed by atoms with Crippen molar-refractivity contribution in [2.75, 3.05) is 7.11 Å². The molecule has 1 rings (SSSR count). The van der Waals surface area contributed by atoms with Crippen molar-refractivity contribution in [2.45, 2.75) is 25.9 Å². The molecule has 0 aliphatic heterocycles. The molecule has 0 aliphatic carbocycles. The van der Waals surface area contributed by atoms with Gasteiger partial charge < -0.3 is 9.15 Å². The van der Waals surface area contributed by atoms with E-state index in [1.807, 2.05) is 6.07 Å². The minimum Gasteiger partial charge on any atom is -0.468 e. The molecule has 15 heavy (non-hydrogen) atoms. The third kappa shape index (κ3) is 3.07. The molecule has 1 heterocycles. The normalized spacial score (nSPS) is 11.5. The third-order valence-corrected chi connectivity index (χ3v) is 2.78. The lowest BCUT2D eigenvalue weighted by atomic mass is 10.1. The zero-order valence-electron chi connectivity index (χ0n) is 8.96. The predicted molar refractivity (Wildman–Crippen MR) is 59.3 cm³/mol. The van der Waals surface area contributed by atoms with Gasteiger partial charge in [-0.2, -0.15) is 0 Å². The number of carbonyl (C=O) groups is 1. The number of rotatable bonds is 4. The first-order valence-electron chi connectivity index (χ1n) is 4.52. The molecule has 0 unspecified atom stereocenters. The van der Waals surface area contributed by atoms with E-state index >= 15 is 0 Å². The summed E-state index contributed by atoms with van der Waals surface area (Å²) in [5.74, 6) is 0.456. The van der Waals surface area contributed by atoms with Gasteiger partial charge in [-0.05, 0) is 35.8 Å². The summed E-state index contributed by atoms with van der Waals surface area (Å²) < 4.78 is 10.8. The Morgan fingerprint density at radius 1 is 1.67 bits per heavy atom. The summed E-state index contributed by atoms with van der Waals surface area (Å²) in [6.07, 6.45) is 1.59. The van der Waals surface area contributed by atoms with Crippen molar-refractivity contribution < 1.29 is 13.9 Å². The number of halogens is 1. The summed E-state index contributed by atoms with van der Waals surface area (Å²) >= 11 is 3.34. The summed E-state index contributed by atoms with van der Waals surface area (Å²) in [6, 6.07) is 1.81. The highest BCUT2D eigenvalue weighted by Gasteiger charge is 2.28. The summed E-state index contributed by atoms with van der Waals surface area (Å²) in [6.45, 7) is 3.99. The fourth-order valence-electron chi connectivity index (χ4n) is 1.08. The average Bonchev–Trinajstić information content (AvgIpc) is 2.60. The van der Waals surface area contributed by atoms with Gasteiger partial charge in [0.05, 0.1) is 24.4 Å². The minimum atomic E-state index is -0.721. The quantitative estimate of drug-likeness (QED) is 0.855. The van der Waals surface area contributed by atoms with E-state index in [4.69, 9.17) is 4.42 Å². The van der Waals surface area contributed by atoms with Crippen molar-refractivity contribution in [3.63, 3.8) is 0 Å². The molecule has 1 aromatic rings. The highest BCUT2D eigenvalue weighted by Crippen LogP contribution is 2.18.